The fourth-order valence-electron chi connectivity index (χ4n) is 1.29. The Morgan fingerprint density at radius 2 is 2.25 bits per heavy atom. The predicted octanol–water partition coefficient (Wildman–Crippen LogP) is 2.79. The molecule has 86 valence electrons. The fourth-order valence-corrected chi connectivity index (χ4v) is 1.44. The van der Waals surface area contributed by atoms with Crippen LogP contribution in [0, 0.1) is 5.82 Å². The molecule has 0 radical (unpaired) electrons. The molecule has 0 unspecified atom stereocenters. The quantitative estimate of drug-likeness (QED) is 0.776. The zero-order valence-electron chi connectivity index (χ0n) is 8.69. The summed E-state index contributed by atoms with van der Waals surface area (Å²) in [5.74, 6) is -0.760. The predicted molar refractivity (Wildman–Crippen MR) is 65.2 cm³/mol. The highest BCUT2D eigenvalue weighted by Gasteiger charge is 2.06. The van der Waals surface area contributed by atoms with Crippen molar-refractivity contribution < 1.29 is 14.3 Å². The second-order valence-electron chi connectivity index (χ2n) is 3.34. The van der Waals surface area contributed by atoms with Gasteiger partial charge in [-0.2, -0.15) is 12.6 Å². The minimum Gasteiger partial charge on any atom is -0.481 e. The van der Waals surface area contributed by atoms with Gasteiger partial charge in [-0.1, -0.05) is 18.2 Å². The van der Waals surface area contributed by atoms with Gasteiger partial charge < -0.3 is 5.11 Å². The molecule has 0 saturated carbocycles. The molecule has 0 aromatic heterocycles. The van der Waals surface area contributed by atoms with Crippen molar-refractivity contribution in [2.24, 2.45) is 0 Å². The smallest absolute Gasteiger partial charge is 0.307 e. The topological polar surface area (TPSA) is 37.3 Å². The Kier molecular flexibility index (Phi) is 5.05. The van der Waals surface area contributed by atoms with Gasteiger partial charge in [-0.15, -0.1) is 0 Å². The van der Waals surface area contributed by atoms with Gasteiger partial charge in [0.25, 0.3) is 0 Å². The summed E-state index contributed by atoms with van der Waals surface area (Å²) < 4.78 is 13.2. The molecular formula is C12H13FO2S. The molecule has 0 aliphatic carbocycles. The van der Waals surface area contributed by atoms with Crippen LogP contribution in [0.1, 0.15) is 17.5 Å². The van der Waals surface area contributed by atoms with E-state index in [4.69, 9.17) is 5.11 Å². The Morgan fingerprint density at radius 3 is 2.88 bits per heavy atom. The van der Waals surface area contributed by atoms with E-state index in [0.717, 1.165) is 17.7 Å². The zero-order valence-corrected chi connectivity index (χ0v) is 9.58. The van der Waals surface area contributed by atoms with E-state index in [-0.39, 0.29) is 12.0 Å². The average molecular weight is 240 g/mol. The number of allylic oxidation sites excluding steroid dienone is 1. The van der Waals surface area contributed by atoms with E-state index >= 15 is 0 Å². The molecule has 1 N–H and O–H groups in total. The first-order chi connectivity index (χ1) is 7.63. The van der Waals surface area contributed by atoms with Gasteiger partial charge in [0.05, 0.1) is 6.42 Å². The summed E-state index contributed by atoms with van der Waals surface area (Å²) in [4.78, 5) is 10.5. The lowest BCUT2D eigenvalue weighted by molar-refractivity contribution is -0.136. The molecule has 1 aromatic rings. The molecule has 0 bridgehead atoms. The van der Waals surface area contributed by atoms with E-state index in [1.54, 1.807) is 12.1 Å². The first-order valence-corrected chi connectivity index (χ1v) is 5.54. The van der Waals surface area contributed by atoms with E-state index in [1.807, 2.05) is 12.2 Å². The van der Waals surface area contributed by atoms with Gasteiger partial charge in [-0.05, 0) is 35.4 Å². The number of carboxylic acids is 1. The lowest BCUT2D eigenvalue weighted by Gasteiger charge is -2.01. The minimum atomic E-state index is -1.03. The highest BCUT2D eigenvalue weighted by atomic mass is 32.1. The molecule has 0 atom stereocenters. The molecule has 1 rings (SSSR count). The van der Waals surface area contributed by atoms with Gasteiger partial charge in [0, 0.05) is 0 Å². The fraction of sp³-hybridized carbons (Fsp3) is 0.250. The van der Waals surface area contributed by atoms with Gasteiger partial charge >= 0.3 is 5.97 Å². The van der Waals surface area contributed by atoms with Gasteiger partial charge in [0.2, 0.25) is 0 Å². The van der Waals surface area contributed by atoms with Crippen molar-refractivity contribution in [1.29, 1.82) is 0 Å². The SMILES string of the molecule is O=C(O)Cc1cc(C=CCCS)ccc1F. The van der Waals surface area contributed by atoms with Crippen molar-refractivity contribution in [3.05, 3.63) is 41.2 Å². The molecule has 16 heavy (non-hydrogen) atoms. The summed E-state index contributed by atoms with van der Waals surface area (Å²) in [7, 11) is 0. The molecule has 2 nitrogen and oxygen atoms in total. The van der Waals surface area contributed by atoms with Crippen LogP contribution in [0.2, 0.25) is 0 Å². The van der Waals surface area contributed by atoms with E-state index < -0.39 is 11.8 Å². The summed E-state index contributed by atoms with van der Waals surface area (Å²) in [6, 6.07) is 4.47. The number of hydrogen-bond acceptors (Lipinski definition) is 2. The summed E-state index contributed by atoms with van der Waals surface area (Å²) in [5, 5.41) is 8.60. The Hall–Kier alpha value is -1.29. The molecular weight excluding hydrogens is 227 g/mol. The Balaban J connectivity index is 2.84. The van der Waals surface area contributed by atoms with E-state index in [1.165, 1.54) is 6.07 Å². The molecule has 0 aliphatic rings. The van der Waals surface area contributed by atoms with Crippen LogP contribution in [0.15, 0.2) is 24.3 Å². The van der Waals surface area contributed by atoms with Crippen molar-refractivity contribution in [3.8, 4) is 0 Å². The molecule has 0 spiro atoms. The van der Waals surface area contributed by atoms with Crippen LogP contribution in [0.25, 0.3) is 6.08 Å². The van der Waals surface area contributed by atoms with E-state index in [2.05, 4.69) is 12.6 Å². The molecule has 0 fully saturated rings. The number of halogens is 1. The zero-order chi connectivity index (χ0) is 12.0. The summed E-state index contributed by atoms with van der Waals surface area (Å²) in [6.45, 7) is 0. The van der Waals surface area contributed by atoms with Crippen molar-refractivity contribution in [1.82, 2.24) is 0 Å². The number of hydrogen-bond donors (Lipinski definition) is 2. The second-order valence-corrected chi connectivity index (χ2v) is 3.78. The molecule has 4 heteroatoms. The maximum atomic E-state index is 13.2. The Labute approximate surface area is 99.2 Å². The Bertz CT molecular complexity index is 402. The van der Waals surface area contributed by atoms with Gasteiger partial charge in [0.15, 0.2) is 0 Å². The normalized spacial score (nSPS) is 10.9. The lowest BCUT2D eigenvalue weighted by Crippen LogP contribution is -2.02. The second kappa shape index (κ2) is 6.33. The van der Waals surface area contributed by atoms with Crippen LogP contribution < -0.4 is 0 Å². The van der Waals surface area contributed by atoms with Crippen molar-refractivity contribution in [3.63, 3.8) is 0 Å². The minimum absolute atomic E-state index is 0.209. The number of thiol groups is 1. The first kappa shape index (κ1) is 12.8. The number of carbonyl (C=O) groups is 1. The van der Waals surface area contributed by atoms with Crippen LogP contribution >= 0.6 is 12.6 Å². The lowest BCUT2D eigenvalue weighted by atomic mass is 10.1. The highest BCUT2D eigenvalue weighted by molar-refractivity contribution is 7.80. The van der Waals surface area contributed by atoms with Crippen LogP contribution in [-0.4, -0.2) is 16.8 Å². The number of aliphatic carboxylic acids is 1. The molecule has 0 aliphatic heterocycles. The third-order valence-corrected chi connectivity index (χ3v) is 2.28. The van der Waals surface area contributed by atoms with Gasteiger partial charge in [-0.25, -0.2) is 4.39 Å². The van der Waals surface area contributed by atoms with Gasteiger partial charge in [0.1, 0.15) is 5.82 Å². The average Bonchev–Trinajstić information content (AvgIpc) is 2.22. The summed E-state index contributed by atoms with van der Waals surface area (Å²) >= 11 is 4.06. The van der Waals surface area contributed by atoms with Gasteiger partial charge in [-0.3, -0.25) is 4.79 Å². The molecule has 1 aromatic carbocycles. The summed E-state index contributed by atoms with van der Waals surface area (Å²) in [6.07, 6.45) is 4.29. The van der Waals surface area contributed by atoms with Crippen LogP contribution in [0.4, 0.5) is 4.39 Å². The van der Waals surface area contributed by atoms with Crippen molar-refractivity contribution >= 4 is 24.7 Å². The number of benzene rings is 1. The maximum absolute atomic E-state index is 13.2. The molecule has 0 saturated heterocycles. The molecule has 0 amide bonds. The highest BCUT2D eigenvalue weighted by Crippen LogP contribution is 2.13. The third kappa shape index (κ3) is 4.06. The van der Waals surface area contributed by atoms with E-state index in [0.29, 0.717) is 0 Å². The molecule has 0 heterocycles. The Morgan fingerprint density at radius 1 is 1.50 bits per heavy atom. The third-order valence-electron chi connectivity index (χ3n) is 2.02. The number of rotatable bonds is 5. The maximum Gasteiger partial charge on any atom is 0.307 e. The van der Waals surface area contributed by atoms with Crippen LogP contribution in [-0.2, 0) is 11.2 Å². The van der Waals surface area contributed by atoms with Crippen molar-refractivity contribution in [2.75, 3.05) is 5.75 Å². The van der Waals surface area contributed by atoms with E-state index in [9.17, 15) is 9.18 Å². The van der Waals surface area contributed by atoms with Crippen molar-refractivity contribution in [2.45, 2.75) is 12.8 Å². The van der Waals surface area contributed by atoms with Crippen LogP contribution in [0.3, 0.4) is 0 Å². The first-order valence-electron chi connectivity index (χ1n) is 4.91. The number of carboxylic acid groups (broad SMARTS) is 1. The monoisotopic (exact) mass is 240 g/mol. The summed E-state index contributed by atoms with van der Waals surface area (Å²) in [5.41, 5.74) is 1.01. The van der Waals surface area contributed by atoms with Crippen LogP contribution in [0.5, 0.6) is 0 Å². The largest absolute Gasteiger partial charge is 0.481 e. The standard InChI is InChI=1S/C12H13FO2S/c13-11-5-4-9(3-1-2-6-16)7-10(11)8-12(14)15/h1,3-5,7,16H,2,6,8H2,(H,14,15).